The zero-order chi connectivity index (χ0) is 14.8. The molecule has 0 aliphatic rings. The Bertz CT molecular complexity index is 557. The standard InChI is InChI=1S/C12H22N4O3/c1-8(2)6-12(3,19)7-13-9-10(17)15(4)11(18)16(5)14-9/h8,19H,6-7H2,1-5H3,(H,13,14). The average molecular weight is 270 g/mol. The molecular weight excluding hydrogens is 248 g/mol. The third-order valence-corrected chi connectivity index (χ3v) is 2.81. The van der Waals surface area contributed by atoms with Gasteiger partial charge in [0.25, 0.3) is 5.56 Å². The fourth-order valence-electron chi connectivity index (χ4n) is 2.04. The minimum absolute atomic E-state index is 0.0635. The van der Waals surface area contributed by atoms with Gasteiger partial charge in [-0.2, -0.15) is 0 Å². The normalized spacial score (nSPS) is 14.5. The molecule has 1 atom stereocenters. The molecule has 0 aromatic carbocycles. The molecule has 1 aromatic heterocycles. The summed E-state index contributed by atoms with van der Waals surface area (Å²) in [6.45, 7) is 5.92. The molecule has 0 radical (unpaired) electrons. The Morgan fingerprint density at radius 2 is 1.95 bits per heavy atom. The lowest BCUT2D eigenvalue weighted by atomic mass is 9.94. The van der Waals surface area contributed by atoms with Gasteiger partial charge in [-0.25, -0.2) is 9.48 Å². The number of nitrogens with one attached hydrogen (secondary N) is 1. The van der Waals surface area contributed by atoms with Crippen LogP contribution in [0.3, 0.4) is 0 Å². The zero-order valence-electron chi connectivity index (χ0n) is 12.1. The van der Waals surface area contributed by atoms with Gasteiger partial charge in [-0.3, -0.25) is 9.36 Å². The quantitative estimate of drug-likeness (QED) is 0.766. The van der Waals surface area contributed by atoms with E-state index in [1.54, 1.807) is 6.92 Å². The monoisotopic (exact) mass is 270 g/mol. The lowest BCUT2D eigenvalue weighted by molar-refractivity contribution is 0.0514. The second-order valence-corrected chi connectivity index (χ2v) is 5.57. The molecule has 1 heterocycles. The van der Waals surface area contributed by atoms with Gasteiger partial charge in [0.2, 0.25) is 5.82 Å². The van der Waals surface area contributed by atoms with Crippen LogP contribution in [0.5, 0.6) is 0 Å². The van der Waals surface area contributed by atoms with Crippen LogP contribution in [0.2, 0.25) is 0 Å². The van der Waals surface area contributed by atoms with Gasteiger partial charge in [-0.15, -0.1) is 5.10 Å². The molecule has 0 bridgehead atoms. The Kier molecular flexibility index (Phi) is 4.52. The number of hydrogen-bond donors (Lipinski definition) is 2. The zero-order valence-corrected chi connectivity index (χ0v) is 12.1. The van der Waals surface area contributed by atoms with Crippen LogP contribution in [0, 0.1) is 5.92 Å². The maximum atomic E-state index is 11.8. The van der Waals surface area contributed by atoms with Gasteiger partial charge in [0.05, 0.1) is 5.60 Å². The molecule has 7 heteroatoms. The van der Waals surface area contributed by atoms with Gasteiger partial charge in [0.15, 0.2) is 0 Å². The predicted octanol–water partition coefficient (Wildman–Crippen LogP) is -0.312. The molecule has 0 saturated heterocycles. The molecule has 108 valence electrons. The van der Waals surface area contributed by atoms with E-state index in [1.165, 1.54) is 14.1 Å². The molecule has 0 aliphatic heterocycles. The highest BCUT2D eigenvalue weighted by atomic mass is 16.3. The van der Waals surface area contributed by atoms with Gasteiger partial charge in [-0.05, 0) is 19.3 Å². The molecule has 0 fully saturated rings. The predicted molar refractivity (Wildman–Crippen MR) is 73.3 cm³/mol. The highest BCUT2D eigenvalue weighted by Crippen LogP contribution is 2.16. The Hall–Kier alpha value is -1.63. The number of nitrogens with zero attached hydrogens (tertiary/aromatic N) is 3. The molecule has 1 unspecified atom stereocenters. The lowest BCUT2D eigenvalue weighted by Gasteiger charge is -2.25. The van der Waals surface area contributed by atoms with Crippen LogP contribution in [0.4, 0.5) is 5.82 Å². The highest BCUT2D eigenvalue weighted by molar-refractivity contribution is 5.30. The Morgan fingerprint density at radius 1 is 1.37 bits per heavy atom. The maximum Gasteiger partial charge on any atom is 0.346 e. The number of rotatable bonds is 5. The van der Waals surface area contributed by atoms with Crippen molar-refractivity contribution in [3.8, 4) is 0 Å². The Balaban J connectivity index is 2.91. The molecule has 0 aliphatic carbocycles. The van der Waals surface area contributed by atoms with Crippen LogP contribution in [-0.4, -0.2) is 31.6 Å². The summed E-state index contributed by atoms with van der Waals surface area (Å²) in [7, 11) is 2.86. The highest BCUT2D eigenvalue weighted by Gasteiger charge is 2.22. The van der Waals surface area contributed by atoms with E-state index in [0.29, 0.717) is 12.3 Å². The number of aliphatic hydroxyl groups is 1. The van der Waals surface area contributed by atoms with Crippen molar-refractivity contribution >= 4 is 5.82 Å². The summed E-state index contributed by atoms with van der Waals surface area (Å²) >= 11 is 0. The second-order valence-electron chi connectivity index (χ2n) is 5.57. The van der Waals surface area contributed by atoms with Gasteiger partial charge in [0.1, 0.15) is 0 Å². The van der Waals surface area contributed by atoms with Gasteiger partial charge in [-0.1, -0.05) is 13.8 Å². The molecule has 0 spiro atoms. The van der Waals surface area contributed by atoms with Crippen LogP contribution in [-0.2, 0) is 14.1 Å². The summed E-state index contributed by atoms with van der Waals surface area (Å²) in [4.78, 5) is 23.3. The molecule has 19 heavy (non-hydrogen) atoms. The molecule has 0 saturated carbocycles. The first-order valence-corrected chi connectivity index (χ1v) is 6.24. The first kappa shape index (κ1) is 15.4. The topological polar surface area (TPSA) is 89.2 Å². The summed E-state index contributed by atoms with van der Waals surface area (Å²) < 4.78 is 2.06. The molecule has 2 N–H and O–H groups in total. The molecular formula is C12H22N4O3. The molecule has 1 aromatic rings. The minimum atomic E-state index is -0.935. The smallest absolute Gasteiger partial charge is 0.346 e. The van der Waals surface area contributed by atoms with Gasteiger partial charge >= 0.3 is 5.69 Å². The van der Waals surface area contributed by atoms with Crippen LogP contribution >= 0.6 is 0 Å². The number of hydrogen-bond acceptors (Lipinski definition) is 5. The lowest BCUT2D eigenvalue weighted by Crippen LogP contribution is -2.42. The van der Waals surface area contributed by atoms with E-state index < -0.39 is 16.9 Å². The van der Waals surface area contributed by atoms with E-state index in [0.717, 1.165) is 9.25 Å². The van der Waals surface area contributed by atoms with Crippen molar-refractivity contribution in [2.75, 3.05) is 11.9 Å². The van der Waals surface area contributed by atoms with Crippen molar-refractivity contribution in [3.63, 3.8) is 0 Å². The fourth-order valence-corrected chi connectivity index (χ4v) is 2.04. The Labute approximate surface area is 111 Å². The van der Waals surface area contributed by atoms with E-state index >= 15 is 0 Å². The summed E-state index contributed by atoms with van der Waals surface area (Å²) in [6.07, 6.45) is 0.603. The van der Waals surface area contributed by atoms with Crippen LogP contribution in [0.25, 0.3) is 0 Å². The van der Waals surface area contributed by atoms with Crippen molar-refractivity contribution in [2.45, 2.75) is 32.8 Å². The third kappa shape index (κ3) is 3.92. The maximum absolute atomic E-state index is 11.8. The van der Waals surface area contributed by atoms with E-state index in [9.17, 15) is 14.7 Å². The molecule has 1 rings (SSSR count). The molecule has 0 amide bonds. The number of aryl methyl sites for hydroxylation is 1. The Morgan fingerprint density at radius 3 is 2.47 bits per heavy atom. The second kappa shape index (κ2) is 5.56. The van der Waals surface area contributed by atoms with Crippen molar-refractivity contribution in [3.05, 3.63) is 20.8 Å². The number of anilines is 1. The van der Waals surface area contributed by atoms with Crippen molar-refractivity contribution < 1.29 is 5.11 Å². The van der Waals surface area contributed by atoms with E-state index in [1.807, 2.05) is 13.8 Å². The first-order valence-electron chi connectivity index (χ1n) is 6.24. The van der Waals surface area contributed by atoms with Crippen LogP contribution in [0.1, 0.15) is 27.2 Å². The summed E-state index contributed by atoms with van der Waals surface area (Å²) in [5.74, 6) is 0.404. The minimum Gasteiger partial charge on any atom is -0.388 e. The van der Waals surface area contributed by atoms with Crippen LogP contribution < -0.4 is 16.6 Å². The summed E-state index contributed by atoms with van der Waals surface area (Å²) in [6, 6.07) is 0. The number of aromatic nitrogens is 3. The van der Waals surface area contributed by atoms with E-state index in [2.05, 4.69) is 10.4 Å². The SMILES string of the molecule is CC(C)CC(C)(O)CNc1nn(C)c(=O)n(C)c1=O. The molecule has 7 nitrogen and oxygen atoms in total. The van der Waals surface area contributed by atoms with E-state index in [-0.39, 0.29) is 12.4 Å². The van der Waals surface area contributed by atoms with Crippen molar-refractivity contribution in [1.29, 1.82) is 0 Å². The van der Waals surface area contributed by atoms with Gasteiger partial charge < -0.3 is 10.4 Å². The van der Waals surface area contributed by atoms with Crippen LogP contribution in [0.15, 0.2) is 9.59 Å². The largest absolute Gasteiger partial charge is 0.388 e. The van der Waals surface area contributed by atoms with Crippen molar-refractivity contribution in [1.82, 2.24) is 14.3 Å². The summed E-state index contributed by atoms with van der Waals surface area (Å²) in [5.41, 5.74) is -1.91. The first-order chi connectivity index (χ1) is 8.64. The fraction of sp³-hybridized carbons (Fsp3) is 0.750. The van der Waals surface area contributed by atoms with Gasteiger partial charge in [0, 0.05) is 20.6 Å². The van der Waals surface area contributed by atoms with Crippen molar-refractivity contribution in [2.24, 2.45) is 20.0 Å². The van der Waals surface area contributed by atoms with E-state index in [4.69, 9.17) is 0 Å². The summed E-state index contributed by atoms with van der Waals surface area (Å²) in [5, 5.41) is 16.8. The third-order valence-electron chi connectivity index (χ3n) is 2.81. The average Bonchev–Trinajstić information content (AvgIpc) is 2.28.